The average Bonchev–Trinajstić information content (AvgIpc) is 2.86. The first kappa shape index (κ1) is 15.4. The van der Waals surface area contributed by atoms with Crippen LogP contribution in [0.15, 0.2) is 24.3 Å². The summed E-state index contributed by atoms with van der Waals surface area (Å²) in [6, 6.07) is 6.63. The molecule has 1 aliphatic heterocycles. The Labute approximate surface area is 123 Å². The van der Waals surface area contributed by atoms with Crippen LogP contribution in [-0.2, 0) is 16.0 Å². The van der Waals surface area contributed by atoms with E-state index in [1.54, 1.807) is 12.1 Å². The molecule has 1 aromatic carbocycles. The summed E-state index contributed by atoms with van der Waals surface area (Å²) in [6.45, 7) is 4.51. The third-order valence-electron chi connectivity index (χ3n) is 4.06. The van der Waals surface area contributed by atoms with Crippen molar-refractivity contribution in [1.82, 2.24) is 4.90 Å². The number of non-ortho nitro benzene ring substituents is 1. The van der Waals surface area contributed by atoms with Crippen molar-refractivity contribution in [2.24, 2.45) is 11.8 Å². The molecule has 0 bridgehead atoms. The van der Waals surface area contributed by atoms with Crippen LogP contribution in [0.2, 0.25) is 0 Å². The fourth-order valence-electron chi connectivity index (χ4n) is 2.78. The molecule has 6 nitrogen and oxygen atoms in total. The Morgan fingerprint density at radius 2 is 2.05 bits per heavy atom. The minimum Gasteiger partial charge on any atom is -0.469 e. The molecule has 1 aromatic rings. The Kier molecular flexibility index (Phi) is 4.90. The van der Waals surface area contributed by atoms with Crippen LogP contribution in [0.3, 0.4) is 0 Å². The summed E-state index contributed by atoms with van der Waals surface area (Å²) < 4.78 is 4.82. The lowest BCUT2D eigenvalue weighted by Gasteiger charge is -2.15. The SMILES string of the molecule is COC(=O)C1CN(CCc2ccc([N+](=O)[O-])cc2)CC1C. The summed E-state index contributed by atoms with van der Waals surface area (Å²) in [6.07, 6.45) is 0.818. The lowest BCUT2D eigenvalue weighted by Crippen LogP contribution is -2.26. The fraction of sp³-hybridized carbons (Fsp3) is 0.533. The van der Waals surface area contributed by atoms with Gasteiger partial charge in [-0.2, -0.15) is 0 Å². The van der Waals surface area contributed by atoms with Crippen molar-refractivity contribution >= 4 is 11.7 Å². The number of likely N-dealkylation sites (tertiary alicyclic amines) is 1. The smallest absolute Gasteiger partial charge is 0.310 e. The number of carbonyl (C=O) groups excluding carboxylic acids is 1. The van der Waals surface area contributed by atoms with E-state index >= 15 is 0 Å². The first-order valence-corrected chi connectivity index (χ1v) is 7.04. The van der Waals surface area contributed by atoms with Crippen molar-refractivity contribution in [2.45, 2.75) is 13.3 Å². The third kappa shape index (κ3) is 3.78. The number of nitrogens with zero attached hydrogens (tertiary/aromatic N) is 2. The molecule has 1 aliphatic rings. The van der Waals surface area contributed by atoms with Gasteiger partial charge in [-0.1, -0.05) is 19.1 Å². The molecular formula is C15H20N2O4. The third-order valence-corrected chi connectivity index (χ3v) is 4.06. The second-order valence-electron chi connectivity index (χ2n) is 5.54. The highest BCUT2D eigenvalue weighted by Crippen LogP contribution is 2.24. The molecule has 21 heavy (non-hydrogen) atoms. The van der Waals surface area contributed by atoms with Crippen molar-refractivity contribution in [3.8, 4) is 0 Å². The van der Waals surface area contributed by atoms with E-state index in [1.165, 1.54) is 19.2 Å². The molecule has 0 spiro atoms. The summed E-state index contributed by atoms with van der Waals surface area (Å²) in [4.78, 5) is 24.1. The highest BCUT2D eigenvalue weighted by Gasteiger charge is 2.35. The van der Waals surface area contributed by atoms with Crippen molar-refractivity contribution < 1.29 is 14.5 Å². The Bertz CT molecular complexity index is 515. The quantitative estimate of drug-likeness (QED) is 0.470. The molecule has 2 unspecified atom stereocenters. The maximum atomic E-state index is 11.6. The van der Waals surface area contributed by atoms with Gasteiger partial charge in [-0.15, -0.1) is 0 Å². The molecule has 0 aromatic heterocycles. The van der Waals surface area contributed by atoms with Crippen LogP contribution in [0.4, 0.5) is 5.69 Å². The molecule has 0 amide bonds. The van der Waals surface area contributed by atoms with Gasteiger partial charge in [0, 0.05) is 31.8 Å². The molecule has 0 radical (unpaired) electrons. The summed E-state index contributed by atoms with van der Waals surface area (Å²) in [5, 5.41) is 10.6. The number of hydrogen-bond donors (Lipinski definition) is 0. The van der Waals surface area contributed by atoms with E-state index in [2.05, 4.69) is 11.8 Å². The van der Waals surface area contributed by atoms with Gasteiger partial charge < -0.3 is 9.64 Å². The summed E-state index contributed by atoms with van der Waals surface area (Å²) in [5.41, 5.74) is 1.18. The van der Waals surface area contributed by atoms with Gasteiger partial charge in [0.05, 0.1) is 18.0 Å². The molecule has 1 fully saturated rings. The van der Waals surface area contributed by atoms with Gasteiger partial charge in [-0.25, -0.2) is 0 Å². The minimum absolute atomic E-state index is 0.0492. The van der Waals surface area contributed by atoms with Crippen LogP contribution < -0.4 is 0 Å². The summed E-state index contributed by atoms with van der Waals surface area (Å²) >= 11 is 0. The van der Waals surface area contributed by atoms with E-state index in [0.717, 1.165) is 31.6 Å². The number of rotatable bonds is 5. The number of nitro groups is 1. The minimum atomic E-state index is -0.396. The van der Waals surface area contributed by atoms with Crippen molar-refractivity contribution in [3.63, 3.8) is 0 Å². The number of benzene rings is 1. The largest absolute Gasteiger partial charge is 0.469 e. The van der Waals surface area contributed by atoms with Crippen molar-refractivity contribution in [1.29, 1.82) is 0 Å². The molecule has 2 atom stereocenters. The molecule has 0 saturated carbocycles. The van der Waals surface area contributed by atoms with E-state index < -0.39 is 4.92 Å². The zero-order chi connectivity index (χ0) is 15.4. The first-order valence-electron chi connectivity index (χ1n) is 7.04. The molecule has 1 heterocycles. The topological polar surface area (TPSA) is 72.7 Å². The number of methoxy groups -OCH3 is 1. The Morgan fingerprint density at radius 1 is 1.38 bits per heavy atom. The van der Waals surface area contributed by atoms with E-state index in [1.807, 2.05) is 0 Å². The van der Waals surface area contributed by atoms with Gasteiger partial charge in [0.2, 0.25) is 0 Å². The zero-order valence-corrected chi connectivity index (χ0v) is 12.3. The summed E-state index contributed by atoms with van der Waals surface area (Å²) in [7, 11) is 1.43. The first-order chi connectivity index (χ1) is 10.0. The van der Waals surface area contributed by atoms with Crippen molar-refractivity contribution in [3.05, 3.63) is 39.9 Å². The van der Waals surface area contributed by atoms with Crippen LogP contribution >= 0.6 is 0 Å². The van der Waals surface area contributed by atoms with Crippen LogP contribution in [0.1, 0.15) is 12.5 Å². The monoisotopic (exact) mass is 292 g/mol. The highest BCUT2D eigenvalue weighted by atomic mass is 16.6. The van der Waals surface area contributed by atoms with Gasteiger partial charge in [-0.05, 0) is 17.9 Å². The number of esters is 1. The maximum Gasteiger partial charge on any atom is 0.310 e. The number of ether oxygens (including phenoxy) is 1. The standard InChI is InChI=1S/C15H20N2O4/c1-11-9-16(10-14(11)15(18)21-2)8-7-12-3-5-13(6-4-12)17(19)20/h3-6,11,14H,7-10H2,1-2H3. The van der Waals surface area contributed by atoms with Crippen LogP contribution in [-0.4, -0.2) is 42.5 Å². The zero-order valence-electron chi connectivity index (χ0n) is 12.3. The fourth-order valence-corrected chi connectivity index (χ4v) is 2.78. The molecular weight excluding hydrogens is 272 g/mol. The Hall–Kier alpha value is -1.95. The second-order valence-corrected chi connectivity index (χ2v) is 5.54. The van der Waals surface area contributed by atoms with E-state index in [-0.39, 0.29) is 17.6 Å². The lowest BCUT2D eigenvalue weighted by molar-refractivity contribution is -0.384. The maximum absolute atomic E-state index is 11.6. The predicted octanol–water partition coefficient (Wildman–Crippen LogP) is 1.88. The van der Waals surface area contributed by atoms with Gasteiger partial charge >= 0.3 is 5.97 Å². The molecule has 0 N–H and O–H groups in total. The normalized spacial score (nSPS) is 22.2. The molecule has 0 aliphatic carbocycles. The molecule has 6 heteroatoms. The van der Waals surface area contributed by atoms with Gasteiger partial charge in [-0.3, -0.25) is 14.9 Å². The van der Waals surface area contributed by atoms with Crippen LogP contribution in [0.25, 0.3) is 0 Å². The highest BCUT2D eigenvalue weighted by molar-refractivity contribution is 5.73. The molecule has 2 rings (SSSR count). The number of carbonyl (C=O) groups is 1. The van der Waals surface area contributed by atoms with Gasteiger partial charge in [0.25, 0.3) is 5.69 Å². The van der Waals surface area contributed by atoms with E-state index in [9.17, 15) is 14.9 Å². The van der Waals surface area contributed by atoms with Crippen LogP contribution in [0, 0.1) is 22.0 Å². The second kappa shape index (κ2) is 6.67. The summed E-state index contributed by atoms with van der Waals surface area (Å²) in [5.74, 6) is 0.113. The number of hydrogen-bond acceptors (Lipinski definition) is 5. The lowest BCUT2D eigenvalue weighted by atomic mass is 9.99. The average molecular weight is 292 g/mol. The van der Waals surface area contributed by atoms with Gasteiger partial charge in [0.15, 0.2) is 0 Å². The Balaban J connectivity index is 1.86. The van der Waals surface area contributed by atoms with Gasteiger partial charge in [0.1, 0.15) is 0 Å². The van der Waals surface area contributed by atoms with Crippen molar-refractivity contribution in [2.75, 3.05) is 26.7 Å². The van der Waals surface area contributed by atoms with Crippen LogP contribution in [0.5, 0.6) is 0 Å². The van der Waals surface area contributed by atoms with E-state index in [4.69, 9.17) is 4.74 Å². The Morgan fingerprint density at radius 3 is 2.62 bits per heavy atom. The molecule has 114 valence electrons. The molecule has 1 saturated heterocycles. The van der Waals surface area contributed by atoms with E-state index in [0.29, 0.717) is 5.92 Å². The predicted molar refractivity (Wildman–Crippen MR) is 77.9 cm³/mol. The number of nitro benzene ring substituents is 1.